The van der Waals surface area contributed by atoms with Crippen LogP contribution in [0, 0.1) is 0 Å². The molecule has 0 bridgehead atoms. The second kappa shape index (κ2) is 6.73. The van der Waals surface area contributed by atoms with E-state index >= 15 is 0 Å². The minimum Gasteiger partial charge on any atom is -0.327 e. The Bertz CT molecular complexity index is 553. The Morgan fingerprint density at radius 1 is 1.42 bits per heavy atom. The van der Waals surface area contributed by atoms with Gasteiger partial charge in [0, 0.05) is 29.9 Å². The quantitative estimate of drug-likeness (QED) is 0.748. The van der Waals surface area contributed by atoms with Crippen LogP contribution < -0.4 is 0 Å². The summed E-state index contributed by atoms with van der Waals surface area (Å²) in [6.45, 7) is 5.20. The van der Waals surface area contributed by atoms with E-state index in [0.29, 0.717) is 5.88 Å². The highest BCUT2D eigenvalue weighted by Gasteiger charge is 2.11. The van der Waals surface area contributed by atoms with Gasteiger partial charge in [-0.05, 0) is 31.8 Å². The predicted molar refractivity (Wildman–Crippen MR) is 85.0 cm³/mol. The summed E-state index contributed by atoms with van der Waals surface area (Å²) in [5.74, 6) is 1.68. The van der Waals surface area contributed by atoms with Crippen molar-refractivity contribution in [3.8, 4) is 0 Å². The van der Waals surface area contributed by atoms with Crippen LogP contribution in [-0.2, 0) is 13.0 Å². The third-order valence-electron chi connectivity index (χ3n) is 3.35. The highest BCUT2D eigenvalue weighted by Crippen LogP contribution is 2.21. The van der Waals surface area contributed by atoms with E-state index in [-0.39, 0.29) is 0 Å². The first-order valence-electron chi connectivity index (χ1n) is 6.55. The molecule has 0 aliphatic rings. The Labute approximate surface area is 127 Å². The normalized spacial score (nSPS) is 11.6. The first-order valence-corrected chi connectivity index (χ1v) is 7.87. The fourth-order valence-corrected chi connectivity index (χ4v) is 2.62. The second-order valence-electron chi connectivity index (χ2n) is 4.65. The minimum absolute atomic E-state index is 0.605. The Morgan fingerprint density at radius 3 is 2.89 bits per heavy atom. The van der Waals surface area contributed by atoms with E-state index in [1.54, 1.807) is 0 Å². The van der Waals surface area contributed by atoms with Crippen LogP contribution in [0.2, 0.25) is 0 Å². The minimum atomic E-state index is 0.605. The van der Waals surface area contributed by atoms with Gasteiger partial charge in [0.05, 0.1) is 11.0 Å². The van der Waals surface area contributed by atoms with Crippen molar-refractivity contribution in [2.75, 3.05) is 26.0 Å². The fraction of sp³-hybridized carbons (Fsp3) is 0.500. The Hall–Kier alpha value is -0.580. The van der Waals surface area contributed by atoms with Gasteiger partial charge in [0.25, 0.3) is 0 Å². The molecule has 1 aromatic heterocycles. The number of likely N-dealkylation sites (N-methyl/N-ethyl adjacent to an activating group) is 1. The van der Waals surface area contributed by atoms with Gasteiger partial charge >= 0.3 is 0 Å². The SMILES string of the molecule is CCN(C)CCn1c(CCCl)nc2cc(Br)ccc21. The van der Waals surface area contributed by atoms with Crippen LogP contribution in [0.4, 0.5) is 0 Å². The molecular formula is C14H19BrClN3. The average molecular weight is 345 g/mol. The molecule has 0 aliphatic carbocycles. The van der Waals surface area contributed by atoms with E-state index in [1.807, 2.05) is 0 Å². The van der Waals surface area contributed by atoms with Crippen LogP contribution >= 0.6 is 27.5 Å². The molecule has 0 unspecified atom stereocenters. The summed E-state index contributed by atoms with van der Waals surface area (Å²) in [6.07, 6.45) is 0.809. The van der Waals surface area contributed by atoms with Gasteiger partial charge in [0.1, 0.15) is 5.82 Å². The molecule has 1 aromatic carbocycles. The smallest absolute Gasteiger partial charge is 0.111 e. The van der Waals surface area contributed by atoms with E-state index < -0.39 is 0 Å². The van der Waals surface area contributed by atoms with Crippen molar-refractivity contribution in [3.05, 3.63) is 28.5 Å². The maximum Gasteiger partial charge on any atom is 0.111 e. The lowest BCUT2D eigenvalue weighted by atomic mass is 10.3. The summed E-state index contributed by atoms with van der Waals surface area (Å²) >= 11 is 9.38. The second-order valence-corrected chi connectivity index (χ2v) is 5.94. The highest BCUT2D eigenvalue weighted by molar-refractivity contribution is 9.10. The lowest BCUT2D eigenvalue weighted by molar-refractivity contribution is 0.335. The van der Waals surface area contributed by atoms with Gasteiger partial charge in [-0.25, -0.2) is 4.98 Å². The Balaban J connectivity index is 2.34. The van der Waals surface area contributed by atoms with E-state index in [1.165, 1.54) is 5.52 Å². The molecule has 2 aromatic rings. The summed E-state index contributed by atoms with van der Waals surface area (Å²) in [5, 5.41) is 0. The Morgan fingerprint density at radius 2 is 2.21 bits per heavy atom. The zero-order valence-electron chi connectivity index (χ0n) is 11.4. The Kier molecular flexibility index (Phi) is 5.25. The van der Waals surface area contributed by atoms with Crippen molar-refractivity contribution in [3.63, 3.8) is 0 Å². The molecule has 104 valence electrons. The van der Waals surface area contributed by atoms with Gasteiger partial charge in [-0.2, -0.15) is 0 Å². The maximum atomic E-state index is 5.88. The average Bonchev–Trinajstić information content (AvgIpc) is 2.73. The predicted octanol–water partition coefficient (Wildman–Crippen LogP) is 3.53. The molecule has 3 nitrogen and oxygen atoms in total. The topological polar surface area (TPSA) is 21.1 Å². The summed E-state index contributed by atoms with van der Waals surface area (Å²) in [5.41, 5.74) is 2.22. The van der Waals surface area contributed by atoms with E-state index in [4.69, 9.17) is 16.6 Å². The van der Waals surface area contributed by atoms with Gasteiger partial charge < -0.3 is 9.47 Å². The molecule has 0 atom stereocenters. The number of fused-ring (bicyclic) bond motifs is 1. The molecule has 19 heavy (non-hydrogen) atoms. The van der Waals surface area contributed by atoms with Crippen molar-refractivity contribution in [1.82, 2.24) is 14.5 Å². The lowest BCUT2D eigenvalue weighted by Crippen LogP contribution is -2.23. The molecule has 0 saturated carbocycles. The first kappa shape index (κ1) is 14.8. The number of aryl methyl sites for hydroxylation is 1. The summed E-state index contributed by atoms with van der Waals surface area (Å²) in [6, 6.07) is 6.25. The van der Waals surface area contributed by atoms with Gasteiger partial charge in [0.2, 0.25) is 0 Å². The fourth-order valence-electron chi connectivity index (χ4n) is 2.11. The number of nitrogens with zero attached hydrogens (tertiary/aromatic N) is 3. The van der Waals surface area contributed by atoms with E-state index in [2.05, 4.69) is 57.6 Å². The van der Waals surface area contributed by atoms with E-state index in [9.17, 15) is 0 Å². The van der Waals surface area contributed by atoms with Crippen molar-refractivity contribution >= 4 is 38.6 Å². The van der Waals surface area contributed by atoms with Crippen LogP contribution in [0.5, 0.6) is 0 Å². The van der Waals surface area contributed by atoms with Crippen LogP contribution in [0.3, 0.4) is 0 Å². The van der Waals surface area contributed by atoms with Crippen LogP contribution in [0.25, 0.3) is 11.0 Å². The third-order valence-corrected chi connectivity index (χ3v) is 4.03. The van der Waals surface area contributed by atoms with Gasteiger partial charge in [0.15, 0.2) is 0 Å². The number of rotatable bonds is 6. The van der Waals surface area contributed by atoms with Crippen LogP contribution in [0.15, 0.2) is 22.7 Å². The van der Waals surface area contributed by atoms with Crippen molar-refractivity contribution in [1.29, 1.82) is 0 Å². The van der Waals surface area contributed by atoms with Gasteiger partial charge in [-0.3, -0.25) is 0 Å². The zero-order chi connectivity index (χ0) is 13.8. The van der Waals surface area contributed by atoms with Crippen LogP contribution in [0.1, 0.15) is 12.7 Å². The van der Waals surface area contributed by atoms with E-state index in [0.717, 1.165) is 41.9 Å². The molecule has 0 radical (unpaired) electrons. The number of imidazole rings is 1. The number of alkyl halides is 1. The maximum absolute atomic E-state index is 5.88. The number of halogens is 2. The zero-order valence-corrected chi connectivity index (χ0v) is 13.7. The van der Waals surface area contributed by atoms with Gasteiger partial charge in [-0.15, -0.1) is 11.6 Å². The number of aromatic nitrogens is 2. The molecular weight excluding hydrogens is 326 g/mol. The summed E-state index contributed by atoms with van der Waals surface area (Å²) in [7, 11) is 2.14. The van der Waals surface area contributed by atoms with Crippen LogP contribution in [-0.4, -0.2) is 40.5 Å². The number of benzene rings is 1. The highest BCUT2D eigenvalue weighted by atomic mass is 79.9. The van der Waals surface area contributed by atoms with Gasteiger partial charge in [-0.1, -0.05) is 22.9 Å². The van der Waals surface area contributed by atoms with Crippen molar-refractivity contribution < 1.29 is 0 Å². The third kappa shape index (κ3) is 3.50. The molecule has 5 heteroatoms. The first-order chi connectivity index (χ1) is 9.15. The monoisotopic (exact) mass is 343 g/mol. The molecule has 0 amide bonds. The van der Waals surface area contributed by atoms with Crippen molar-refractivity contribution in [2.45, 2.75) is 19.9 Å². The summed E-state index contributed by atoms with van der Waals surface area (Å²) < 4.78 is 3.35. The molecule has 2 rings (SSSR count). The molecule has 1 heterocycles. The molecule has 0 spiro atoms. The lowest BCUT2D eigenvalue weighted by Gasteiger charge is -2.15. The molecule has 0 saturated heterocycles. The largest absolute Gasteiger partial charge is 0.327 e. The molecule has 0 N–H and O–H groups in total. The molecule has 0 fully saturated rings. The number of hydrogen-bond acceptors (Lipinski definition) is 2. The van der Waals surface area contributed by atoms with Crippen molar-refractivity contribution in [2.24, 2.45) is 0 Å². The summed E-state index contributed by atoms with van der Waals surface area (Å²) in [4.78, 5) is 7.00. The standard InChI is InChI=1S/C14H19BrClN3/c1-3-18(2)8-9-19-13-5-4-11(15)10-12(13)17-14(19)6-7-16/h4-5,10H,3,6-9H2,1-2H3. The molecule has 0 aliphatic heterocycles. The number of hydrogen-bond donors (Lipinski definition) is 0.